The van der Waals surface area contributed by atoms with Gasteiger partial charge in [0.15, 0.2) is 0 Å². The number of anilines is 6. The van der Waals surface area contributed by atoms with Crippen molar-refractivity contribution in [2.24, 2.45) is 0 Å². The standard InChI is InChI=1S/C80H56N2.C33H26.C16H8Br2/c1-53-22-17-25-57(48-53)79(71-40-13-9-35-65(71)66-36-10-14-41-72(66)79)59-27-20-33-63(51-59)81(61-29-5-3-6-30-61)75-47-45-56-50-76(69-39-19-24-55-44-46-70(75)78(56)77(55)69)82(62-31-7-4-8-32-62)64-34-21-28-60(52-64)80(58-26-18-23-54(2)49-58)73-42-15-11-37-67(73)68-38-12-16-43-74(68)80;1-24-11-9-15-27(21-24)33(28-16-10-14-26(23-28)22-25-12-3-2-4-13-25)31-19-7-5-17-29(31)30-18-6-8-20-32(30)33;17-13-8-4-10-2-6-12-14(18)7-3-9-1-5-11(13)16(10)15(9)12/h3-52H,1-2H3;2-21,23H,22H2,1H3;1-8H. The maximum absolute atomic E-state index is 3.65. The number of aryl methyl sites for hydroxylation is 3. The van der Waals surface area contributed by atoms with Gasteiger partial charge in [0.1, 0.15) is 0 Å². The highest BCUT2D eigenvalue weighted by Gasteiger charge is 2.50. The van der Waals surface area contributed by atoms with E-state index >= 15 is 0 Å². The first-order valence-electron chi connectivity index (χ1n) is 46.1. The molecule has 0 radical (unpaired) electrons. The largest absolute Gasteiger partial charge is 0.310 e. The minimum absolute atomic E-state index is 0.327. The van der Waals surface area contributed by atoms with Gasteiger partial charge >= 0.3 is 0 Å². The predicted molar refractivity (Wildman–Crippen MR) is 567 cm³/mol. The second-order valence-electron chi connectivity index (χ2n) is 36.0. The number of rotatable bonds is 14. The lowest BCUT2D eigenvalue weighted by Crippen LogP contribution is -2.29. The molecule has 133 heavy (non-hydrogen) atoms. The fourth-order valence-electron chi connectivity index (χ4n) is 23.1. The Morgan fingerprint density at radius 1 is 0.195 bits per heavy atom. The molecule has 0 atom stereocenters. The van der Waals surface area contributed by atoms with E-state index in [1.807, 2.05) is 0 Å². The molecular weight excluding hydrogens is 1740 g/mol. The van der Waals surface area contributed by atoms with Crippen LogP contribution in [0, 0.1) is 20.8 Å². The van der Waals surface area contributed by atoms with Gasteiger partial charge in [-0.1, -0.05) is 455 Å². The van der Waals surface area contributed by atoms with E-state index in [0.29, 0.717) is 0 Å². The van der Waals surface area contributed by atoms with Crippen molar-refractivity contribution in [2.75, 3.05) is 9.80 Å². The Morgan fingerprint density at radius 3 is 0.895 bits per heavy atom. The second-order valence-corrected chi connectivity index (χ2v) is 37.8. The number of para-hydroxylation sites is 2. The number of hydrogen-bond acceptors (Lipinski definition) is 2. The molecule has 0 unspecified atom stereocenters. The van der Waals surface area contributed by atoms with Crippen LogP contribution in [0.2, 0.25) is 0 Å². The van der Waals surface area contributed by atoms with Gasteiger partial charge in [-0.15, -0.1) is 0 Å². The molecule has 26 rings (SSSR count). The zero-order valence-electron chi connectivity index (χ0n) is 74.0. The van der Waals surface area contributed by atoms with Gasteiger partial charge < -0.3 is 9.80 Å². The molecule has 0 bridgehead atoms. The highest BCUT2D eigenvalue weighted by Crippen LogP contribution is 2.62. The molecule has 3 aliphatic carbocycles. The van der Waals surface area contributed by atoms with Gasteiger partial charge in [-0.3, -0.25) is 0 Å². The van der Waals surface area contributed by atoms with Gasteiger partial charge in [-0.05, 0) is 265 Å². The van der Waals surface area contributed by atoms with E-state index in [9.17, 15) is 0 Å². The molecule has 0 saturated carbocycles. The maximum Gasteiger partial charge on any atom is 0.0714 e. The number of fused-ring (bicyclic) bond motifs is 9. The third kappa shape index (κ3) is 13.1. The number of nitrogens with zero attached hydrogens (tertiary/aromatic N) is 2. The molecule has 23 aromatic carbocycles. The van der Waals surface area contributed by atoms with Crippen LogP contribution in [0.25, 0.3) is 98.0 Å². The van der Waals surface area contributed by atoms with Crippen LogP contribution in [0.1, 0.15) is 94.6 Å². The Bertz CT molecular complexity index is 8240. The summed E-state index contributed by atoms with van der Waals surface area (Å²) in [6.07, 6.45) is 0.932. The summed E-state index contributed by atoms with van der Waals surface area (Å²) in [7, 11) is 0. The first kappa shape index (κ1) is 81.0. The topological polar surface area (TPSA) is 6.48 Å². The highest BCUT2D eigenvalue weighted by molar-refractivity contribution is 9.11. The highest BCUT2D eigenvalue weighted by atomic mass is 79.9. The van der Waals surface area contributed by atoms with E-state index in [1.165, 1.54) is 193 Å². The third-order valence-electron chi connectivity index (χ3n) is 28.6. The lowest BCUT2D eigenvalue weighted by Gasteiger charge is -2.36. The molecular formula is C129H90Br2N2. The first-order valence-corrected chi connectivity index (χ1v) is 47.7. The van der Waals surface area contributed by atoms with Crippen molar-refractivity contribution in [1.82, 2.24) is 0 Å². The summed E-state index contributed by atoms with van der Waals surface area (Å²) in [6.45, 7) is 6.61. The second kappa shape index (κ2) is 33.0. The van der Waals surface area contributed by atoms with Crippen LogP contribution in [0.5, 0.6) is 0 Å². The van der Waals surface area contributed by atoms with Crippen LogP contribution in [0.3, 0.4) is 0 Å². The van der Waals surface area contributed by atoms with Crippen LogP contribution in [0.15, 0.2) is 488 Å². The number of benzene rings is 23. The van der Waals surface area contributed by atoms with Crippen molar-refractivity contribution in [1.29, 1.82) is 0 Å². The van der Waals surface area contributed by atoms with Crippen molar-refractivity contribution >= 4 is 131 Å². The Hall–Kier alpha value is -15.3. The number of halogens is 2. The van der Waals surface area contributed by atoms with Crippen LogP contribution >= 0.6 is 31.9 Å². The molecule has 0 spiro atoms. The van der Waals surface area contributed by atoms with E-state index in [0.717, 1.165) is 49.5 Å². The van der Waals surface area contributed by atoms with Crippen LogP contribution in [-0.4, -0.2) is 0 Å². The fraction of sp³-hybridized carbons (Fsp3) is 0.0543. The fourth-order valence-corrected chi connectivity index (χ4v) is 24.0. The van der Waals surface area contributed by atoms with Gasteiger partial charge in [0, 0.05) is 42.5 Å². The van der Waals surface area contributed by atoms with Gasteiger partial charge in [-0.2, -0.15) is 0 Å². The van der Waals surface area contributed by atoms with Crippen molar-refractivity contribution in [3.05, 3.63) is 583 Å². The summed E-state index contributed by atoms with van der Waals surface area (Å²) >= 11 is 7.30. The van der Waals surface area contributed by atoms with E-state index in [4.69, 9.17) is 0 Å². The molecule has 3 aliphatic rings. The lowest BCUT2D eigenvalue weighted by atomic mass is 9.67. The van der Waals surface area contributed by atoms with Crippen LogP contribution < -0.4 is 9.80 Å². The Kier molecular flexibility index (Phi) is 20.1. The minimum Gasteiger partial charge on any atom is -0.310 e. The Balaban J connectivity index is 0.000000154. The molecule has 0 fully saturated rings. The van der Waals surface area contributed by atoms with E-state index in [-0.39, 0.29) is 5.41 Å². The molecule has 0 heterocycles. The summed E-state index contributed by atoms with van der Waals surface area (Å²) in [4.78, 5) is 4.98. The van der Waals surface area contributed by atoms with E-state index in [2.05, 4.69) is 542 Å². The molecule has 4 heteroatoms. The van der Waals surface area contributed by atoms with Crippen molar-refractivity contribution in [2.45, 2.75) is 43.4 Å². The van der Waals surface area contributed by atoms with Crippen LogP contribution in [0.4, 0.5) is 34.1 Å². The minimum atomic E-state index is -0.551. The molecule has 2 nitrogen and oxygen atoms in total. The molecule has 0 N–H and O–H groups in total. The summed E-state index contributed by atoms with van der Waals surface area (Å²) in [5.74, 6) is 0. The molecule has 0 aromatic heterocycles. The average molecular weight is 1830 g/mol. The average Bonchev–Trinajstić information content (AvgIpc) is 1.56. The lowest BCUT2D eigenvalue weighted by molar-refractivity contribution is 0.765. The maximum atomic E-state index is 3.65. The molecule has 630 valence electrons. The predicted octanol–water partition coefficient (Wildman–Crippen LogP) is 34.9. The zero-order valence-corrected chi connectivity index (χ0v) is 77.1. The van der Waals surface area contributed by atoms with Gasteiger partial charge in [0.05, 0.1) is 27.6 Å². The molecule has 0 aliphatic heterocycles. The molecule has 0 saturated heterocycles. The summed E-state index contributed by atoms with van der Waals surface area (Å²) in [5.41, 5.74) is 35.1. The Morgan fingerprint density at radius 2 is 0.481 bits per heavy atom. The number of hydrogen-bond donors (Lipinski definition) is 0. The van der Waals surface area contributed by atoms with Gasteiger partial charge in [0.2, 0.25) is 0 Å². The normalized spacial score (nSPS) is 13.2. The van der Waals surface area contributed by atoms with Crippen molar-refractivity contribution < 1.29 is 0 Å². The molecule has 0 amide bonds. The smallest absolute Gasteiger partial charge is 0.0714 e. The monoisotopic (exact) mass is 1820 g/mol. The quantitative estimate of drug-likeness (QED) is 0.100. The first-order chi connectivity index (χ1) is 65.5. The SMILES string of the molecule is Brc1ccc2ccc3c(Br)ccc4ccc1c2c43.Cc1cccc(C2(c3cccc(Cc4ccccc4)c3)c3ccccc3-c3ccccc32)c1.Cc1cccc(C2(c3cccc(N(c4ccccc4)c4cc5ccc(N(c6ccccc6)c6cccc(C7(c8cccc(C)c8)c8ccccc8-c8ccccc87)c6)c6ccc7cccc4c7c56)c3)c3ccccc3-c3ccccc32)c1. The van der Waals surface area contributed by atoms with Crippen molar-refractivity contribution in [3.8, 4) is 33.4 Å². The summed E-state index contributed by atoms with van der Waals surface area (Å²) in [6, 6.07) is 178. The summed E-state index contributed by atoms with van der Waals surface area (Å²) in [5, 5.41) is 15.1. The van der Waals surface area contributed by atoms with Gasteiger partial charge in [-0.25, -0.2) is 0 Å². The Labute approximate surface area is 793 Å². The van der Waals surface area contributed by atoms with Gasteiger partial charge in [0.25, 0.3) is 0 Å². The summed E-state index contributed by atoms with van der Waals surface area (Å²) < 4.78 is 2.31. The zero-order chi connectivity index (χ0) is 89.0. The third-order valence-corrected chi connectivity index (χ3v) is 29.9. The molecule has 23 aromatic rings. The van der Waals surface area contributed by atoms with E-state index in [1.54, 1.807) is 0 Å². The van der Waals surface area contributed by atoms with Crippen LogP contribution in [-0.2, 0) is 22.7 Å². The van der Waals surface area contributed by atoms with E-state index < -0.39 is 10.8 Å². The van der Waals surface area contributed by atoms with Crippen molar-refractivity contribution in [3.63, 3.8) is 0 Å².